The lowest BCUT2D eigenvalue weighted by Gasteiger charge is -2.56. The van der Waals surface area contributed by atoms with Gasteiger partial charge in [-0.1, -0.05) is 0 Å². The lowest BCUT2D eigenvalue weighted by Crippen LogP contribution is -2.59. The minimum atomic E-state index is -0.894. The number of anilines is 1. The second-order valence-corrected chi connectivity index (χ2v) is 12.8. The van der Waals surface area contributed by atoms with Crippen molar-refractivity contribution in [1.82, 2.24) is 24.8 Å². The third kappa shape index (κ3) is 4.57. The quantitative estimate of drug-likeness (QED) is 0.425. The van der Waals surface area contributed by atoms with Gasteiger partial charge in [-0.05, 0) is 70.1 Å². The number of aromatic amines is 1. The van der Waals surface area contributed by atoms with Crippen LogP contribution in [0.1, 0.15) is 71.4 Å². The number of carbonyl (C=O) groups is 2. The summed E-state index contributed by atoms with van der Waals surface area (Å²) >= 11 is 0. The number of hydrogen-bond donors (Lipinski definition) is 3. The number of rotatable bonds is 7. The number of H-pyrrole nitrogens is 1. The first kappa shape index (κ1) is 25.9. The second-order valence-electron chi connectivity index (χ2n) is 12.8. The van der Waals surface area contributed by atoms with Crippen LogP contribution in [-0.2, 0) is 28.5 Å². The first-order chi connectivity index (χ1) is 19.1. The van der Waals surface area contributed by atoms with E-state index in [1.54, 1.807) is 18.4 Å². The van der Waals surface area contributed by atoms with E-state index in [-0.39, 0.29) is 48.0 Å². The molecule has 0 aromatic carbocycles. The van der Waals surface area contributed by atoms with Crippen LogP contribution in [0.2, 0.25) is 0 Å². The van der Waals surface area contributed by atoms with Gasteiger partial charge in [-0.15, -0.1) is 0 Å². The summed E-state index contributed by atoms with van der Waals surface area (Å²) < 4.78 is 25.5. The molecule has 0 unspecified atom stereocenters. The number of esters is 1. The van der Waals surface area contributed by atoms with Crippen molar-refractivity contribution >= 4 is 29.0 Å². The minimum Gasteiger partial charge on any atom is -0.463 e. The van der Waals surface area contributed by atoms with Gasteiger partial charge in [0.25, 0.3) is 5.56 Å². The van der Waals surface area contributed by atoms with Crippen LogP contribution in [0.5, 0.6) is 0 Å². The third-order valence-electron chi connectivity index (χ3n) is 9.26. The standard InChI is InChI=1S/C27H36N6O7/c1-26(2)39-20-16(38-24(21(20)40-26)33-12-29-19-22(33)30-25(28)31-23(19)36)11-37-18(35)4-3-17(34)32-27-8-13-5-14(9-27)7-15(6-13)10-27/h12-16,20-21,24H,3-11H2,1-2H3,(H,32,34)(H3,28,30,31,36)/t13?,14?,15?,16-,20-,21-,24-,27?/m1/s1. The molecule has 2 saturated heterocycles. The number of amides is 1. The van der Waals surface area contributed by atoms with Crippen molar-refractivity contribution in [2.24, 2.45) is 17.8 Å². The van der Waals surface area contributed by atoms with Gasteiger partial charge in [0.15, 0.2) is 23.2 Å². The van der Waals surface area contributed by atoms with Crippen LogP contribution in [0, 0.1) is 17.8 Å². The number of carbonyl (C=O) groups excluding carboxylic acids is 2. The van der Waals surface area contributed by atoms with E-state index >= 15 is 0 Å². The lowest BCUT2D eigenvalue weighted by atomic mass is 9.53. The summed E-state index contributed by atoms with van der Waals surface area (Å²) in [5.74, 6) is 0.700. The predicted octanol–water partition coefficient (Wildman–Crippen LogP) is 1.53. The number of nitrogen functional groups attached to an aromatic ring is 1. The van der Waals surface area contributed by atoms with Crippen molar-refractivity contribution < 1.29 is 28.5 Å². The molecule has 0 spiro atoms. The molecule has 2 aliphatic heterocycles. The van der Waals surface area contributed by atoms with E-state index in [2.05, 4.69) is 20.3 Å². The molecule has 4 heterocycles. The summed E-state index contributed by atoms with van der Waals surface area (Å²) in [7, 11) is 0. The third-order valence-corrected chi connectivity index (χ3v) is 9.26. The largest absolute Gasteiger partial charge is 0.463 e. The molecule has 4 saturated carbocycles. The van der Waals surface area contributed by atoms with Crippen molar-refractivity contribution in [3.05, 3.63) is 16.7 Å². The Labute approximate surface area is 230 Å². The molecule has 1 amide bonds. The molecule has 2 aromatic rings. The average molecular weight is 557 g/mol. The molecule has 6 aliphatic rings. The molecule has 4 N–H and O–H groups in total. The topological polar surface area (TPSA) is 173 Å². The van der Waals surface area contributed by atoms with Crippen LogP contribution in [0.15, 0.2) is 11.1 Å². The average Bonchev–Trinajstić information content (AvgIpc) is 3.51. The van der Waals surface area contributed by atoms with Gasteiger partial charge < -0.3 is 30.0 Å². The zero-order valence-corrected chi connectivity index (χ0v) is 22.8. The minimum absolute atomic E-state index is 0.0105. The van der Waals surface area contributed by atoms with Gasteiger partial charge in [0.2, 0.25) is 11.9 Å². The molecule has 0 radical (unpaired) electrons. The predicted molar refractivity (Wildman–Crippen MR) is 140 cm³/mol. The Morgan fingerprint density at radius 2 is 1.80 bits per heavy atom. The fourth-order valence-electron chi connectivity index (χ4n) is 8.23. The number of hydrogen-bond acceptors (Lipinski definition) is 10. The maximum absolute atomic E-state index is 12.8. The normalized spacial score (nSPS) is 37.1. The molecule has 216 valence electrons. The molecule has 8 rings (SSSR count). The Balaban J connectivity index is 0.972. The van der Waals surface area contributed by atoms with Crippen LogP contribution in [0.25, 0.3) is 11.2 Å². The fourth-order valence-corrected chi connectivity index (χ4v) is 8.23. The number of fused-ring (bicyclic) bond motifs is 2. The lowest BCUT2D eigenvalue weighted by molar-refractivity contribution is -0.202. The van der Waals surface area contributed by atoms with Gasteiger partial charge in [-0.3, -0.25) is 23.9 Å². The zero-order chi connectivity index (χ0) is 27.8. The summed E-state index contributed by atoms with van der Waals surface area (Å²) in [6.07, 6.45) is 6.17. The number of nitrogens with two attached hydrogens (primary N) is 1. The molecule has 2 aromatic heterocycles. The van der Waals surface area contributed by atoms with Gasteiger partial charge in [-0.25, -0.2) is 4.98 Å². The van der Waals surface area contributed by atoms with Crippen molar-refractivity contribution in [3.8, 4) is 0 Å². The number of imidazole rings is 1. The SMILES string of the molecule is CC1(C)O[C@@H]2[C@H](O1)[C@@H](COC(=O)CCC(=O)NC13CC4CC(CC(C4)C1)C3)O[C@H]2n1cnc2c(=O)[nH]c(N)nc21. The van der Waals surface area contributed by atoms with Crippen molar-refractivity contribution in [1.29, 1.82) is 0 Å². The van der Waals surface area contributed by atoms with Crippen molar-refractivity contribution in [2.75, 3.05) is 12.3 Å². The highest BCUT2D eigenvalue weighted by Gasteiger charge is 2.56. The van der Waals surface area contributed by atoms with E-state index in [1.807, 2.05) is 0 Å². The van der Waals surface area contributed by atoms with E-state index < -0.39 is 41.9 Å². The summed E-state index contributed by atoms with van der Waals surface area (Å²) in [6.45, 7) is 3.51. The Bertz CT molecular complexity index is 1370. The molecule has 4 aliphatic carbocycles. The highest BCUT2D eigenvalue weighted by molar-refractivity contribution is 5.82. The Morgan fingerprint density at radius 1 is 1.12 bits per heavy atom. The number of nitrogens with zero attached hydrogens (tertiary/aromatic N) is 3. The van der Waals surface area contributed by atoms with Crippen LogP contribution in [0.3, 0.4) is 0 Å². The van der Waals surface area contributed by atoms with Gasteiger partial charge in [0.1, 0.15) is 24.9 Å². The van der Waals surface area contributed by atoms with Crippen LogP contribution >= 0.6 is 0 Å². The highest BCUT2D eigenvalue weighted by Crippen LogP contribution is 2.55. The smallest absolute Gasteiger partial charge is 0.306 e. The maximum atomic E-state index is 12.8. The Kier molecular flexibility index (Phi) is 5.99. The maximum Gasteiger partial charge on any atom is 0.306 e. The van der Waals surface area contributed by atoms with E-state index in [0.29, 0.717) is 0 Å². The van der Waals surface area contributed by atoms with E-state index in [4.69, 9.17) is 24.7 Å². The Hall–Kier alpha value is -3.03. The molecule has 40 heavy (non-hydrogen) atoms. The van der Waals surface area contributed by atoms with E-state index in [1.165, 1.54) is 25.6 Å². The molecule has 13 nitrogen and oxygen atoms in total. The molecular formula is C27H36N6O7. The monoisotopic (exact) mass is 556 g/mol. The first-order valence-electron chi connectivity index (χ1n) is 14.3. The molecular weight excluding hydrogens is 520 g/mol. The van der Waals surface area contributed by atoms with Crippen molar-refractivity contribution in [3.63, 3.8) is 0 Å². The van der Waals surface area contributed by atoms with Crippen LogP contribution < -0.4 is 16.6 Å². The van der Waals surface area contributed by atoms with Gasteiger partial charge in [0, 0.05) is 12.0 Å². The zero-order valence-electron chi connectivity index (χ0n) is 22.8. The van der Waals surface area contributed by atoms with Crippen LogP contribution in [0.4, 0.5) is 5.95 Å². The number of nitrogens with one attached hydrogen (secondary N) is 2. The molecule has 4 bridgehead atoms. The molecule has 4 atom stereocenters. The van der Waals surface area contributed by atoms with Crippen molar-refractivity contribution in [2.45, 2.75) is 101 Å². The van der Waals surface area contributed by atoms with Crippen LogP contribution in [-0.4, -0.2) is 67.6 Å². The number of aromatic nitrogens is 4. The summed E-state index contributed by atoms with van der Waals surface area (Å²) in [6, 6.07) is 0. The Morgan fingerprint density at radius 3 is 2.50 bits per heavy atom. The van der Waals surface area contributed by atoms with Gasteiger partial charge in [-0.2, -0.15) is 4.98 Å². The van der Waals surface area contributed by atoms with E-state index in [0.717, 1.165) is 37.0 Å². The van der Waals surface area contributed by atoms with Gasteiger partial charge >= 0.3 is 5.97 Å². The first-order valence-corrected chi connectivity index (χ1v) is 14.3. The number of ether oxygens (including phenoxy) is 4. The summed E-state index contributed by atoms with van der Waals surface area (Å²) in [5, 5.41) is 3.30. The van der Waals surface area contributed by atoms with Gasteiger partial charge in [0.05, 0.1) is 12.7 Å². The highest BCUT2D eigenvalue weighted by atomic mass is 16.8. The van der Waals surface area contributed by atoms with E-state index in [9.17, 15) is 14.4 Å². The summed E-state index contributed by atoms with van der Waals surface area (Å²) in [5.41, 5.74) is 5.59. The summed E-state index contributed by atoms with van der Waals surface area (Å²) in [4.78, 5) is 48.5. The fraction of sp³-hybridized carbons (Fsp3) is 0.741. The molecule has 6 fully saturated rings. The second kappa shape index (κ2) is 9.25. The molecule has 13 heteroatoms.